The van der Waals surface area contributed by atoms with Crippen LogP contribution in [0.4, 0.5) is 0 Å². The first kappa shape index (κ1) is 19.1. The number of ether oxygens (including phenoxy) is 2. The summed E-state index contributed by atoms with van der Waals surface area (Å²) in [6.45, 7) is -0.0782. The first-order valence-electron chi connectivity index (χ1n) is 9.55. The lowest BCUT2D eigenvalue weighted by Gasteiger charge is -2.18. The van der Waals surface area contributed by atoms with E-state index >= 15 is 0 Å². The molecular formula is C22H22O7. The summed E-state index contributed by atoms with van der Waals surface area (Å²) in [5, 5.41) is 30.4. The van der Waals surface area contributed by atoms with Gasteiger partial charge in [0.2, 0.25) is 0 Å². The van der Waals surface area contributed by atoms with E-state index in [1.807, 2.05) is 0 Å². The van der Waals surface area contributed by atoms with Crippen molar-refractivity contribution in [2.24, 2.45) is 0 Å². The highest BCUT2D eigenvalue weighted by molar-refractivity contribution is 5.89. The maximum atomic E-state index is 12.2. The van der Waals surface area contributed by atoms with Gasteiger partial charge in [-0.25, -0.2) is 4.79 Å². The van der Waals surface area contributed by atoms with Crippen molar-refractivity contribution in [3.8, 4) is 23.0 Å². The SMILES string of the molecule is O=c1oc2cc(OCC(O)COc3ccc(O)cc3)cc(O)c2c2c1CCCC2. The van der Waals surface area contributed by atoms with E-state index in [1.165, 1.54) is 18.2 Å². The molecule has 0 bridgehead atoms. The van der Waals surface area contributed by atoms with Crippen molar-refractivity contribution in [2.45, 2.75) is 31.8 Å². The lowest BCUT2D eigenvalue weighted by Crippen LogP contribution is -2.25. The normalized spacial score (nSPS) is 14.4. The van der Waals surface area contributed by atoms with Crippen molar-refractivity contribution in [2.75, 3.05) is 13.2 Å². The van der Waals surface area contributed by atoms with E-state index in [-0.39, 0.29) is 41.7 Å². The van der Waals surface area contributed by atoms with Crippen LogP contribution in [0.5, 0.6) is 23.0 Å². The molecule has 0 aliphatic heterocycles. The summed E-state index contributed by atoms with van der Waals surface area (Å²) < 4.78 is 16.4. The number of aryl methyl sites for hydroxylation is 1. The second kappa shape index (κ2) is 8.05. The van der Waals surface area contributed by atoms with E-state index in [2.05, 4.69) is 0 Å². The first-order chi connectivity index (χ1) is 14.0. The second-order valence-corrected chi connectivity index (χ2v) is 7.14. The summed E-state index contributed by atoms with van der Waals surface area (Å²) in [6, 6.07) is 9.18. The fourth-order valence-electron chi connectivity index (χ4n) is 3.59. The summed E-state index contributed by atoms with van der Waals surface area (Å²) in [5.41, 5.74) is 1.41. The van der Waals surface area contributed by atoms with Crippen LogP contribution in [0.25, 0.3) is 11.0 Å². The fraction of sp³-hybridized carbons (Fsp3) is 0.318. The third-order valence-corrected chi connectivity index (χ3v) is 5.00. The molecule has 1 aliphatic carbocycles. The van der Waals surface area contributed by atoms with Crippen LogP contribution >= 0.6 is 0 Å². The Morgan fingerprint density at radius 3 is 2.31 bits per heavy atom. The minimum atomic E-state index is -0.919. The molecule has 2 aromatic carbocycles. The van der Waals surface area contributed by atoms with Gasteiger partial charge in [0.25, 0.3) is 0 Å². The Hall–Kier alpha value is -3.19. The van der Waals surface area contributed by atoms with Crippen molar-refractivity contribution < 1.29 is 29.2 Å². The number of aliphatic hydroxyl groups excluding tert-OH is 1. The van der Waals surface area contributed by atoms with Gasteiger partial charge in [0.1, 0.15) is 47.9 Å². The molecule has 1 aliphatic rings. The fourth-order valence-corrected chi connectivity index (χ4v) is 3.59. The topological polar surface area (TPSA) is 109 Å². The Morgan fingerprint density at radius 1 is 0.931 bits per heavy atom. The third-order valence-electron chi connectivity index (χ3n) is 5.00. The van der Waals surface area contributed by atoms with Gasteiger partial charge in [-0.05, 0) is 55.5 Å². The van der Waals surface area contributed by atoms with E-state index in [1.54, 1.807) is 18.2 Å². The highest BCUT2D eigenvalue weighted by Crippen LogP contribution is 2.36. The van der Waals surface area contributed by atoms with Crippen LogP contribution in [0.1, 0.15) is 24.0 Å². The predicted molar refractivity (Wildman–Crippen MR) is 106 cm³/mol. The molecule has 3 aromatic rings. The Morgan fingerprint density at radius 2 is 1.59 bits per heavy atom. The average Bonchev–Trinajstić information content (AvgIpc) is 2.71. The molecular weight excluding hydrogens is 376 g/mol. The lowest BCUT2D eigenvalue weighted by molar-refractivity contribution is 0.0626. The van der Waals surface area contributed by atoms with Crippen molar-refractivity contribution in [3.05, 3.63) is 57.9 Å². The molecule has 1 unspecified atom stereocenters. The van der Waals surface area contributed by atoms with Gasteiger partial charge in [0, 0.05) is 17.7 Å². The zero-order valence-electron chi connectivity index (χ0n) is 15.8. The van der Waals surface area contributed by atoms with Gasteiger partial charge in [-0.1, -0.05) is 0 Å². The van der Waals surface area contributed by atoms with Crippen LogP contribution in [0.15, 0.2) is 45.6 Å². The minimum absolute atomic E-state index is 0.00534. The van der Waals surface area contributed by atoms with Crippen LogP contribution in [0.2, 0.25) is 0 Å². The van der Waals surface area contributed by atoms with Crippen LogP contribution in [0, 0.1) is 0 Å². The van der Waals surface area contributed by atoms with Gasteiger partial charge in [-0.3, -0.25) is 0 Å². The minimum Gasteiger partial charge on any atom is -0.508 e. The van der Waals surface area contributed by atoms with Crippen molar-refractivity contribution in [1.29, 1.82) is 0 Å². The summed E-state index contributed by atoms with van der Waals surface area (Å²) >= 11 is 0. The summed E-state index contributed by atoms with van der Waals surface area (Å²) in [6.07, 6.45) is 2.39. The zero-order valence-corrected chi connectivity index (χ0v) is 15.8. The van der Waals surface area contributed by atoms with Crippen molar-refractivity contribution >= 4 is 11.0 Å². The molecule has 0 spiro atoms. The quantitative estimate of drug-likeness (QED) is 0.548. The summed E-state index contributed by atoms with van der Waals surface area (Å²) in [4.78, 5) is 12.2. The Balaban J connectivity index is 1.45. The van der Waals surface area contributed by atoms with Gasteiger partial charge in [-0.15, -0.1) is 0 Å². The molecule has 7 nitrogen and oxygen atoms in total. The zero-order chi connectivity index (χ0) is 20.4. The monoisotopic (exact) mass is 398 g/mol. The Labute approximate surface area is 166 Å². The predicted octanol–water partition coefficient (Wildman–Crippen LogP) is 2.90. The molecule has 4 rings (SSSR count). The standard InChI is InChI=1S/C22H22O7/c23-13-5-7-15(8-6-13)27-11-14(24)12-28-16-9-19(25)21-17-3-1-2-4-18(17)22(26)29-20(21)10-16/h5-10,14,23-25H,1-4,11-12H2. The van der Waals surface area contributed by atoms with Crippen LogP contribution in [-0.4, -0.2) is 34.6 Å². The van der Waals surface area contributed by atoms with E-state index in [0.29, 0.717) is 23.1 Å². The Bertz CT molecular complexity index is 1070. The van der Waals surface area contributed by atoms with Crippen molar-refractivity contribution in [3.63, 3.8) is 0 Å². The molecule has 0 radical (unpaired) electrons. The maximum Gasteiger partial charge on any atom is 0.339 e. The van der Waals surface area contributed by atoms with E-state index < -0.39 is 6.10 Å². The molecule has 1 heterocycles. The summed E-state index contributed by atoms with van der Waals surface area (Å²) in [5.74, 6) is 0.925. The number of phenols is 2. The van der Waals surface area contributed by atoms with Gasteiger partial charge in [0.05, 0.1) is 5.39 Å². The van der Waals surface area contributed by atoms with Crippen LogP contribution in [0.3, 0.4) is 0 Å². The molecule has 1 aromatic heterocycles. The van der Waals surface area contributed by atoms with E-state index in [9.17, 15) is 20.1 Å². The number of hydrogen-bond donors (Lipinski definition) is 3. The van der Waals surface area contributed by atoms with Gasteiger partial charge < -0.3 is 29.2 Å². The van der Waals surface area contributed by atoms with Gasteiger partial charge in [-0.2, -0.15) is 0 Å². The second-order valence-electron chi connectivity index (χ2n) is 7.14. The Kier molecular flexibility index (Phi) is 5.31. The summed E-state index contributed by atoms with van der Waals surface area (Å²) in [7, 11) is 0. The number of rotatable bonds is 6. The lowest BCUT2D eigenvalue weighted by atomic mass is 9.90. The molecule has 0 fully saturated rings. The smallest absolute Gasteiger partial charge is 0.339 e. The maximum absolute atomic E-state index is 12.2. The molecule has 0 amide bonds. The van der Waals surface area contributed by atoms with Gasteiger partial charge in [0.15, 0.2) is 0 Å². The molecule has 152 valence electrons. The highest BCUT2D eigenvalue weighted by Gasteiger charge is 2.21. The number of benzene rings is 2. The number of fused-ring (bicyclic) bond motifs is 3. The molecule has 0 saturated heterocycles. The van der Waals surface area contributed by atoms with E-state index in [4.69, 9.17) is 13.9 Å². The number of aromatic hydroxyl groups is 2. The number of hydrogen-bond acceptors (Lipinski definition) is 7. The van der Waals surface area contributed by atoms with Crippen LogP contribution < -0.4 is 15.1 Å². The van der Waals surface area contributed by atoms with E-state index in [0.717, 1.165) is 24.8 Å². The molecule has 0 saturated carbocycles. The number of phenolic OH excluding ortho intramolecular Hbond substituents is 2. The average molecular weight is 398 g/mol. The highest BCUT2D eigenvalue weighted by atomic mass is 16.5. The molecule has 29 heavy (non-hydrogen) atoms. The largest absolute Gasteiger partial charge is 0.508 e. The third kappa shape index (κ3) is 4.14. The molecule has 3 N–H and O–H groups in total. The van der Waals surface area contributed by atoms with Crippen LogP contribution in [-0.2, 0) is 12.8 Å². The van der Waals surface area contributed by atoms with Gasteiger partial charge >= 0.3 is 5.63 Å². The number of aliphatic hydroxyl groups is 1. The molecule has 1 atom stereocenters. The molecule has 7 heteroatoms. The first-order valence-corrected chi connectivity index (χ1v) is 9.55. The van der Waals surface area contributed by atoms with Crippen molar-refractivity contribution in [1.82, 2.24) is 0 Å².